The predicted octanol–water partition coefficient (Wildman–Crippen LogP) is 2.30. The summed E-state index contributed by atoms with van der Waals surface area (Å²) in [5, 5.41) is 8.69. The van der Waals surface area contributed by atoms with E-state index in [2.05, 4.69) is 0 Å². The number of aryl methyl sites for hydroxylation is 1. The molecule has 0 spiro atoms. The molecular weight excluding hydrogens is 212 g/mol. The van der Waals surface area contributed by atoms with Gasteiger partial charge in [-0.2, -0.15) is 5.26 Å². The number of amides is 1. The molecule has 0 aliphatic heterocycles. The molecule has 90 valence electrons. The molecule has 0 unspecified atom stereocenters. The van der Waals surface area contributed by atoms with Crippen molar-refractivity contribution < 1.29 is 4.79 Å². The Labute approximate surface area is 103 Å². The van der Waals surface area contributed by atoms with Crippen LogP contribution in [0.3, 0.4) is 0 Å². The molecule has 0 bridgehead atoms. The number of hydrogen-bond acceptors (Lipinski definition) is 2. The highest BCUT2D eigenvalue weighted by Gasteiger charge is 2.16. The van der Waals surface area contributed by atoms with Gasteiger partial charge in [-0.15, -0.1) is 0 Å². The van der Waals surface area contributed by atoms with Gasteiger partial charge in [0.15, 0.2) is 0 Å². The maximum Gasteiger partial charge on any atom is 0.228 e. The van der Waals surface area contributed by atoms with E-state index >= 15 is 0 Å². The van der Waals surface area contributed by atoms with Crippen LogP contribution in [0.25, 0.3) is 0 Å². The van der Waals surface area contributed by atoms with Gasteiger partial charge in [0.1, 0.15) is 6.54 Å². The van der Waals surface area contributed by atoms with Crippen LogP contribution in [0.5, 0.6) is 0 Å². The minimum absolute atomic E-state index is 0.00500. The molecule has 0 N–H and O–H groups in total. The van der Waals surface area contributed by atoms with Gasteiger partial charge in [0, 0.05) is 6.04 Å². The van der Waals surface area contributed by atoms with E-state index in [0.717, 1.165) is 5.56 Å². The van der Waals surface area contributed by atoms with Crippen LogP contribution in [0.15, 0.2) is 24.3 Å². The third kappa shape index (κ3) is 3.92. The van der Waals surface area contributed by atoms with E-state index in [1.165, 1.54) is 5.56 Å². The van der Waals surface area contributed by atoms with Crippen molar-refractivity contribution in [1.29, 1.82) is 5.26 Å². The first-order valence-corrected chi connectivity index (χ1v) is 5.76. The molecule has 0 aliphatic rings. The summed E-state index contributed by atoms with van der Waals surface area (Å²) in [4.78, 5) is 13.6. The Hall–Kier alpha value is -1.82. The van der Waals surface area contributed by atoms with Gasteiger partial charge in [-0.1, -0.05) is 29.8 Å². The quantitative estimate of drug-likeness (QED) is 0.745. The maximum absolute atomic E-state index is 12.0. The van der Waals surface area contributed by atoms with Crippen molar-refractivity contribution in [3.8, 4) is 6.07 Å². The molecular formula is C14H18N2O. The molecule has 1 amide bonds. The summed E-state index contributed by atoms with van der Waals surface area (Å²) in [5.74, 6) is 0.00500. The summed E-state index contributed by atoms with van der Waals surface area (Å²) in [6, 6.07) is 9.99. The Bertz CT molecular complexity index is 415. The lowest BCUT2D eigenvalue weighted by Gasteiger charge is -2.23. The fourth-order valence-electron chi connectivity index (χ4n) is 1.62. The van der Waals surface area contributed by atoms with Crippen LogP contribution in [0, 0.1) is 18.3 Å². The van der Waals surface area contributed by atoms with Crippen LogP contribution in [0.4, 0.5) is 0 Å². The standard InChI is InChI=1S/C14H18N2O/c1-11(2)16(9-8-15)14(17)10-13-6-4-12(3)5-7-13/h4-7,11H,9-10H2,1-3H3. The molecule has 17 heavy (non-hydrogen) atoms. The number of hydrogen-bond donors (Lipinski definition) is 0. The normalized spacial score (nSPS) is 10.1. The van der Waals surface area contributed by atoms with Crippen LogP contribution in [0.1, 0.15) is 25.0 Å². The Morgan fingerprint density at radius 2 is 1.94 bits per heavy atom. The smallest absolute Gasteiger partial charge is 0.228 e. The molecule has 3 nitrogen and oxygen atoms in total. The summed E-state index contributed by atoms with van der Waals surface area (Å²) < 4.78 is 0. The zero-order valence-electron chi connectivity index (χ0n) is 10.6. The third-order valence-corrected chi connectivity index (χ3v) is 2.66. The average Bonchev–Trinajstić information content (AvgIpc) is 2.28. The van der Waals surface area contributed by atoms with Gasteiger partial charge >= 0.3 is 0 Å². The van der Waals surface area contributed by atoms with Crippen molar-refractivity contribution in [2.45, 2.75) is 33.2 Å². The Balaban J connectivity index is 2.70. The lowest BCUT2D eigenvalue weighted by molar-refractivity contribution is -0.131. The van der Waals surface area contributed by atoms with Crippen LogP contribution in [-0.2, 0) is 11.2 Å². The molecule has 3 heteroatoms. The van der Waals surface area contributed by atoms with E-state index in [1.54, 1.807) is 4.90 Å². The van der Waals surface area contributed by atoms with Crippen molar-refractivity contribution in [1.82, 2.24) is 4.90 Å². The maximum atomic E-state index is 12.0. The summed E-state index contributed by atoms with van der Waals surface area (Å²) in [6.45, 7) is 6.01. The number of rotatable bonds is 4. The number of carbonyl (C=O) groups excluding carboxylic acids is 1. The third-order valence-electron chi connectivity index (χ3n) is 2.66. The number of nitrogens with zero attached hydrogens (tertiary/aromatic N) is 2. The molecule has 1 rings (SSSR count). The van der Waals surface area contributed by atoms with E-state index in [9.17, 15) is 4.79 Å². The van der Waals surface area contributed by atoms with Gasteiger partial charge < -0.3 is 4.90 Å². The Morgan fingerprint density at radius 1 is 1.35 bits per heavy atom. The molecule has 0 saturated carbocycles. The Kier molecular flexibility index (Phi) is 4.71. The van der Waals surface area contributed by atoms with Crippen molar-refractivity contribution in [2.75, 3.05) is 6.54 Å². The van der Waals surface area contributed by atoms with E-state index in [-0.39, 0.29) is 18.5 Å². The van der Waals surface area contributed by atoms with Gasteiger partial charge in [-0.25, -0.2) is 0 Å². The van der Waals surface area contributed by atoms with E-state index in [1.807, 2.05) is 51.1 Å². The van der Waals surface area contributed by atoms with Gasteiger partial charge in [-0.05, 0) is 26.3 Å². The fourth-order valence-corrected chi connectivity index (χ4v) is 1.62. The molecule has 0 aliphatic carbocycles. The van der Waals surface area contributed by atoms with Crippen molar-refractivity contribution in [2.24, 2.45) is 0 Å². The zero-order chi connectivity index (χ0) is 12.8. The van der Waals surface area contributed by atoms with Crippen LogP contribution in [-0.4, -0.2) is 23.4 Å². The highest BCUT2D eigenvalue weighted by Crippen LogP contribution is 2.07. The summed E-state index contributed by atoms with van der Waals surface area (Å²) in [7, 11) is 0. The molecule has 0 atom stereocenters. The molecule has 0 saturated heterocycles. The minimum Gasteiger partial charge on any atom is -0.327 e. The molecule has 0 heterocycles. The van der Waals surface area contributed by atoms with Crippen molar-refractivity contribution in [3.63, 3.8) is 0 Å². The van der Waals surface area contributed by atoms with Crippen LogP contribution in [0.2, 0.25) is 0 Å². The minimum atomic E-state index is 0.00500. The molecule has 1 aromatic rings. The van der Waals surface area contributed by atoms with E-state index < -0.39 is 0 Å². The molecule has 1 aromatic carbocycles. The molecule has 0 radical (unpaired) electrons. The highest BCUT2D eigenvalue weighted by atomic mass is 16.2. The van der Waals surface area contributed by atoms with Crippen LogP contribution >= 0.6 is 0 Å². The van der Waals surface area contributed by atoms with E-state index in [0.29, 0.717) is 6.42 Å². The second-order valence-electron chi connectivity index (χ2n) is 4.44. The van der Waals surface area contributed by atoms with Crippen LogP contribution < -0.4 is 0 Å². The summed E-state index contributed by atoms with van der Waals surface area (Å²) in [5.41, 5.74) is 2.17. The zero-order valence-corrected chi connectivity index (χ0v) is 10.6. The highest BCUT2D eigenvalue weighted by molar-refractivity contribution is 5.79. The van der Waals surface area contributed by atoms with Gasteiger partial charge in [-0.3, -0.25) is 4.79 Å². The average molecular weight is 230 g/mol. The first-order chi connectivity index (χ1) is 8.04. The van der Waals surface area contributed by atoms with Gasteiger partial charge in [0.2, 0.25) is 5.91 Å². The number of nitriles is 1. The van der Waals surface area contributed by atoms with Crippen molar-refractivity contribution >= 4 is 5.91 Å². The second-order valence-corrected chi connectivity index (χ2v) is 4.44. The topological polar surface area (TPSA) is 44.1 Å². The lowest BCUT2D eigenvalue weighted by Crippen LogP contribution is -2.38. The fraction of sp³-hybridized carbons (Fsp3) is 0.429. The molecule has 0 fully saturated rings. The SMILES string of the molecule is Cc1ccc(CC(=O)N(CC#N)C(C)C)cc1. The first-order valence-electron chi connectivity index (χ1n) is 5.76. The van der Waals surface area contributed by atoms with Crippen molar-refractivity contribution in [3.05, 3.63) is 35.4 Å². The largest absolute Gasteiger partial charge is 0.327 e. The number of carbonyl (C=O) groups is 1. The monoisotopic (exact) mass is 230 g/mol. The Morgan fingerprint density at radius 3 is 2.41 bits per heavy atom. The predicted molar refractivity (Wildman–Crippen MR) is 67.3 cm³/mol. The summed E-state index contributed by atoms with van der Waals surface area (Å²) in [6.07, 6.45) is 0.361. The van der Waals surface area contributed by atoms with Gasteiger partial charge in [0.25, 0.3) is 0 Å². The van der Waals surface area contributed by atoms with Gasteiger partial charge in [0.05, 0.1) is 12.5 Å². The molecule has 0 aromatic heterocycles. The summed E-state index contributed by atoms with van der Waals surface area (Å²) >= 11 is 0. The first kappa shape index (κ1) is 13.2. The number of benzene rings is 1. The second kappa shape index (κ2) is 6.05. The lowest BCUT2D eigenvalue weighted by atomic mass is 10.1. The van der Waals surface area contributed by atoms with E-state index in [4.69, 9.17) is 5.26 Å².